The molecule has 0 heterocycles. The van der Waals surface area contributed by atoms with Gasteiger partial charge in [0.2, 0.25) is 5.91 Å². The van der Waals surface area contributed by atoms with E-state index < -0.39 is 10.8 Å². The van der Waals surface area contributed by atoms with Crippen LogP contribution in [0.2, 0.25) is 0 Å². The maximum atomic E-state index is 11.2. The van der Waals surface area contributed by atoms with E-state index in [1.807, 2.05) is 13.8 Å². The van der Waals surface area contributed by atoms with Crippen molar-refractivity contribution in [2.75, 3.05) is 0 Å². The van der Waals surface area contributed by atoms with Crippen LogP contribution < -0.4 is 5.32 Å². The van der Waals surface area contributed by atoms with Crippen LogP contribution in [0.5, 0.6) is 0 Å². The Morgan fingerprint density at radius 2 is 1.92 bits per heavy atom. The summed E-state index contributed by atoms with van der Waals surface area (Å²) in [5.74, 6) is -0.261. The van der Waals surface area contributed by atoms with E-state index in [1.165, 1.54) is 13.8 Å². The van der Waals surface area contributed by atoms with E-state index >= 15 is 0 Å². The summed E-state index contributed by atoms with van der Waals surface area (Å²) < 4.78 is -0.475. The maximum Gasteiger partial charge on any atom is 0.217 e. The highest BCUT2D eigenvalue weighted by Crippen LogP contribution is 2.23. The van der Waals surface area contributed by atoms with Crippen LogP contribution in [-0.4, -0.2) is 22.5 Å². The van der Waals surface area contributed by atoms with Gasteiger partial charge in [-0.25, -0.2) is 0 Å². The second kappa shape index (κ2) is 4.65. The number of thiol groups is 1. The lowest BCUT2D eigenvalue weighted by Gasteiger charge is -2.30. The second-order valence-electron chi connectivity index (χ2n) is 3.45. The van der Waals surface area contributed by atoms with Gasteiger partial charge < -0.3 is 5.32 Å². The maximum absolute atomic E-state index is 11.2. The molecule has 0 rings (SSSR count). The van der Waals surface area contributed by atoms with Gasteiger partial charge in [0.15, 0.2) is 5.78 Å². The van der Waals surface area contributed by atoms with Crippen molar-refractivity contribution in [3.63, 3.8) is 0 Å². The summed E-state index contributed by atoms with van der Waals surface area (Å²) in [6.45, 7) is 6.64. The molecular weight excluding hydrogens is 186 g/mol. The van der Waals surface area contributed by atoms with Crippen molar-refractivity contribution in [1.82, 2.24) is 5.32 Å². The van der Waals surface area contributed by atoms with Crippen LogP contribution in [0.3, 0.4) is 0 Å². The number of nitrogens with one attached hydrogen (secondary N) is 1. The molecule has 0 saturated carbocycles. The Morgan fingerprint density at radius 1 is 1.46 bits per heavy atom. The average molecular weight is 203 g/mol. The number of rotatable bonds is 4. The molecule has 13 heavy (non-hydrogen) atoms. The normalized spacial score (nSPS) is 17.3. The molecule has 0 aliphatic heterocycles. The van der Waals surface area contributed by atoms with Gasteiger partial charge in [0.25, 0.3) is 0 Å². The van der Waals surface area contributed by atoms with E-state index in [9.17, 15) is 9.59 Å². The van der Waals surface area contributed by atoms with Crippen LogP contribution in [0.1, 0.15) is 34.1 Å². The first kappa shape index (κ1) is 12.5. The summed E-state index contributed by atoms with van der Waals surface area (Å²) in [6, 6.07) is -0.502. The van der Waals surface area contributed by atoms with Crippen molar-refractivity contribution in [1.29, 1.82) is 0 Å². The van der Waals surface area contributed by atoms with Crippen LogP contribution in [0.15, 0.2) is 0 Å². The minimum atomic E-state index is -0.502. The largest absolute Gasteiger partial charge is 0.345 e. The Bertz CT molecular complexity index is 214. The van der Waals surface area contributed by atoms with E-state index in [4.69, 9.17) is 0 Å². The second-order valence-corrected chi connectivity index (χ2v) is 4.48. The van der Waals surface area contributed by atoms with E-state index in [1.54, 1.807) is 0 Å². The third-order valence-electron chi connectivity index (χ3n) is 2.09. The molecule has 0 bridgehead atoms. The highest BCUT2D eigenvalue weighted by Gasteiger charge is 2.32. The summed E-state index contributed by atoms with van der Waals surface area (Å²) in [5, 5.41) is 2.61. The summed E-state index contributed by atoms with van der Waals surface area (Å²) in [4.78, 5) is 22.0. The van der Waals surface area contributed by atoms with E-state index in [0.717, 1.165) is 6.42 Å². The number of ketones is 1. The topological polar surface area (TPSA) is 46.2 Å². The molecule has 0 aliphatic carbocycles. The molecule has 1 amide bonds. The Kier molecular flexibility index (Phi) is 4.47. The monoisotopic (exact) mass is 203 g/mol. The number of hydrogen-bond donors (Lipinski definition) is 2. The molecule has 0 fully saturated rings. The van der Waals surface area contributed by atoms with Crippen molar-refractivity contribution in [3.8, 4) is 0 Å². The minimum absolute atomic E-state index is 0.0606. The molecule has 0 radical (unpaired) electrons. The number of amides is 1. The molecule has 0 aromatic rings. The average Bonchev–Trinajstić information content (AvgIpc) is 1.99. The predicted octanol–water partition coefficient (Wildman–Crippen LogP) is 1.18. The molecule has 2 atom stereocenters. The highest BCUT2D eigenvalue weighted by molar-refractivity contribution is 7.81. The van der Waals surface area contributed by atoms with Gasteiger partial charge in [-0.05, 0) is 20.3 Å². The molecule has 0 aromatic heterocycles. The van der Waals surface area contributed by atoms with Crippen LogP contribution in [0.4, 0.5) is 0 Å². The van der Waals surface area contributed by atoms with Crippen LogP contribution >= 0.6 is 12.6 Å². The highest BCUT2D eigenvalue weighted by atomic mass is 32.1. The molecule has 4 heteroatoms. The zero-order valence-corrected chi connectivity index (χ0v) is 9.44. The van der Waals surface area contributed by atoms with E-state index in [2.05, 4.69) is 17.9 Å². The molecular formula is C9H17NO2S. The third-order valence-corrected chi connectivity index (χ3v) is 2.67. The third kappa shape index (κ3) is 3.81. The fourth-order valence-corrected chi connectivity index (χ4v) is 1.35. The van der Waals surface area contributed by atoms with Gasteiger partial charge >= 0.3 is 0 Å². The van der Waals surface area contributed by atoms with Gasteiger partial charge in [-0.15, -0.1) is 0 Å². The van der Waals surface area contributed by atoms with Crippen molar-refractivity contribution < 1.29 is 9.59 Å². The number of carbonyl (C=O) groups excluding carboxylic acids is 2. The van der Waals surface area contributed by atoms with Gasteiger partial charge in [-0.1, -0.05) is 6.92 Å². The van der Waals surface area contributed by atoms with Crippen LogP contribution in [0.25, 0.3) is 0 Å². The molecule has 0 aromatic carbocycles. The van der Waals surface area contributed by atoms with Gasteiger partial charge in [-0.3, -0.25) is 9.59 Å². The van der Waals surface area contributed by atoms with Gasteiger partial charge in [-0.2, -0.15) is 12.6 Å². The quantitative estimate of drug-likeness (QED) is 0.674. The molecule has 3 nitrogen and oxygen atoms in total. The smallest absolute Gasteiger partial charge is 0.217 e. The first-order valence-electron chi connectivity index (χ1n) is 4.31. The summed E-state index contributed by atoms with van der Waals surface area (Å²) in [7, 11) is 0. The van der Waals surface area contributed by atoms with Crippen LogP contribution in [0, 0.1) is 0 Å². The Balaban J connectivity index is 4.60. The van der Waals surface area contributed by atoms with Gasteiger partial charge in [0.1, 0.15) is 6.04 Å². The first-order chi connectivity index (χ1) is 5.81. The first-order valence-corrected chi connectivity index (χ1v) is 4.76. The molecule has 1 N–H and O–H groups in total. The summed E-state index contributed by atoms with van der Waals surface area (Å²) in [6.07, 6.45) is 0.723. The fourth-order valence-electron chi connectivity index (χ4n) is 1.10. The zero-order chi connectivity index (χ0) is 10.6. The van der Waals surface area contributed by atoms with Crippen molar-refractivity contribution in [3.05, 3.63) is 0 Å². The Morgan fingerprint density at radius 3 is 2.15 bits per heavy atom. The number of hydrogen-bond acceptors (Lipinski definition) is 3. The lowest BCUT2D eigenvalue weighted by atomic mass is 9.95. The molecule has 0 saturated heterocycles. The standard InChI is InChI=1S/C9H17NO2S/c1-5-9(4,13)8(6(2)11)10-7(3)12/h8,13H,5H2,1-4H3,(H,10,12). The van der Waals surface area contributed by atoms with Gasteiger partial charge in [0, 0.05) is 11.7 Å². The van der Waals surface area contributed by atoms with Crippen LogP contribution in [-0.2, 0) is 9.59 Å². The fraction of sp³-hybridized carbons (Fsp3) is 0.778. The van der Waals surface area contributed by atoms with Gasteiger partial charge in [0.05, 0.1) is 0 Å². The van der Waals surface area contributed by atoms with Crippen molar-refractivity contribution in [2.45, 2.75) is 44.9 Å². The minimum Gasteiger partial charge on any atom is -0.345 e. The zero-order valence-electron chi connectivity index (χ0n) is 8.55. The SMILES string of the molecule is CCC(C)(S)C(NC(C)=O)C(C)=O. The van der Waals surface area contributed by atoms with Crippen molar-refractivity contribution in [2.24, 2.45) is 0 Å². The predicted molar refractivity (Wildman–Crippen MR) is 56.0 cm³/mol. The Labute approximate surface area is 84.7 Å². The lowest BCUT2D eigenvalue weighted by molar-refractivity contribution is -0.126. The Hall–Kier alpha value is -0.510. The molecule has 0 spiro atoms. The molecule has 2 unspecified atom stereocenters. The lowest BCUT2D eigenvalue weighted by Crippen LogP contribution is -2.51. The van der Waals surface area contributed by atoms with E-state index in [0.29, 0.717) is 0 Å². The van der Waals surface area contributed by atoms with Crippen molar-refractivity contribution >= 4 is 24.3 Å². The summed E-state index contributed by atoms with van der Waals surface area (Å²) in [5.41, 5.74) is 0. The number of Topliss-reactive ketones (excluding diaryl/α,β-unsaturated/α-hetero) is 1. The summed E-state index contributed by atoms with van der Waals surface area (Å²) >= 11 is 4.36. The number of carbonyl (C=O) groups is 2. The molecule has 76 valence electrons. The molecule has 0 aliphatic rings. The van der Waals surface area contributed by atoms with E-state index in [-0.39, 0.29) is 11.7 Å².